The molecule has 0 fully saturated rings. The van der Waals surface area contributed by atoms with Crippen molar-refractivity contribution in [3.05, 3.63) is 47.3 Å². The highest BCUT2D eigenvalue weighted by atomic mass is 32.2. The molecular formula is C16H22N2OS. The minimum absolute atomic E-state index is 0.683. The summed E-state index contributed by atoms with van der Waals surface area (Å²) in [5, 5.41) is 7.37. The molecular weight excluding hydrogens is 268 g/mol. The quantitative estimate of drug-likeness (QED) is 0.782. The van der Waals surface area contributed by atoms with Crippen molar-refractivity contribution in [3.63, 3.8) is 0 Å². The van der Waals surface area contributed by atoms with Crippen molar-refractivity contribution in [2.75, 3.05) is 6.54 Å². The first kappa shape index (κ1) is 15.1. The lowest BCUT2D eigenvalue weighted by atomic mass is 10.2. The summed E-state index contributed by atoms with van der Waals surface area (Å²) < 4.78 is 5.22. The summed E-state index contributed by atoms with van der Waals surface area (Å²) in [5.74, 6) is 2.43. The first-order valence-electron chi connectivity index (χ1n) is 6.98. The third-order valence-corrected chi connectivity index (χ3v) is 3.85. The molecule has 0 bridgehead atoms. The van der Waals surface area contributed by atoms with Gasteiger partial charge >= 0.3 is 0 Å². The molecule has 4 heteroatoms. The molecule has 0 radical (unpaired) electrons. The van der Waals surface area contributed by atoms with Crippen LogP contribution in [0.25, 0.3) is 0 Å². The van der Waals surface area contributed by atoms with Gasteiger partial charge in [-0.2, -0.15) is 0 Å². The molecule has 1 aromatic heterocycles. The van der Waals surface area contributed by atoms with Crippen molar-refractivity contribution in [1.29, 1.82) is 0 Å². The lowest BCUT2D eigenvalue weighted by Crippen LogP contribution is -2.18. The smallest absolute Gasteiger partial charge is 0.147 e. The van der Waals surface area contributed by atoms with Crippen LogP contribution in [-0.2, 0) is 12.3 Å². The highest BCUT2D eigenvalue weighted by Crippen LogP contribution is 2.23. The maximum Gasteiger partial charge on any atom is 0.147 e. The molecule has 0 aliphatic rings. The van der Waals surface area contributed by atoms with E-state index in [9.17, 15) is 0 Å². The molecule has 2 rings (SSSR count). The fourth-order valence-corrected chi connectivity index (χ4v) is 2.74. The van der Waals surface area contributed by atoms with Gasteiger partial charge in [-0.3, -0.25) is 0 Å². The molecule has 2 aromatic rings. The molecule has 0 saturated carbocycles. The second-order valence-electron chi connectivity index (χ2n) is 5.40. The number of benzene rings is 1. The standard InChI is InChI=1S/C16H22N2OS/c1-12(2)9-17-10-14-5-4-6-16(8-14)20-11-15-7-13(3)18-19-15/h4-8,12,17H,9-11H2,1-3H3. The summed E-state index contributed by atoms with van der Waals surface area (Å²) in [4.78, 5) is 1.27. The summed E-state index contributed by atoms with van der Waals surface area (Å²) in [6, 6.07) is 10.6. The average Bonchev–Trinajstić information content (AvgIpc) is 2.82. The van der Waals surface area contributed by atoms with Gasteiger partial charge in [-0.1, -0.05) is 31.1 Å². The van der Waals surface area contributed by atoms with Gasteiger partial charge in [-0.25, -0.2) is 0 Å². The predicted molar refractivity (Wildman–Crippen MR) is 83.8 cm³/mol. The third-order valence-electron chi connectivity index (χ3n) is 2.84. The number of thioether (sulfide) groups is 1. The normalized spacial score (nSPS) is 11.2. The Morgan fingerprint density at radius 3 is 2.85 bits per heavy atom. The molecule has 0 aliphatic carbocycles. The van der Waals surface area contributed by atoms with Crippen molar-refractivity contribution in [2.45, 2.75) is 38.0 Å². The van der Waals surface area contributed by atoms with Crippen molar-refractivity contribution in [2.24, 2.45) is 5.92 Å². The van der Waals surface area contributed by atoms with E-state index in [4.69, 9.17) is 4.52 Å². The molecule has 0 amide bonds. The zero-order chi connectivity index (χ0) is 14.4. The number of rotatable bonds is 7. The molecule has 3 nitrogen and oxygen atoms in total. The molecule has 1 aromatic carbocycles. The Kier molecular flexibility index (Phi) is 5.68. The van der Waals surface area contributed by atoms with E-state index >= 15 is 0 Å². The second kappa shape index (κ2) is 7.50. The average molecular weight is 290 g/mol. The largest absolute Gasteiger partial charge is 0.360 e. The van der Waals surface area contributed by atoms with Gasteiger partial charge in [0.25, 0.3) is 0 Å². The van der Waals surface area contributed by atoms with E-state index in [-0.39, 0.29) is 0 Å². The van der Waals surface area contributed by atoms with Gasteiger partial charge in [-0.05, 0) is 37.1 Å². The van der Waals surface area contributed by atoms with E-state index in [0.717, 1.165) is 30.3 Å². The molecule has 20 heavy (non-hydrogen) atoms. The van der Waals surface area contributed by atoms with Crippen molar-refractivity contribution >= 4 is 11.8 Å². The number of nitrogens with zero attached hydrogens (tertiary/aromatic N) is 1. The van der Waals surface area contributed by atoms with Crippen LogP contribution < -0.4 is 5.32 Å². The Morgan fingerprint density at radius 2 is 2.15 bits per heavy atom. The fourth-order valence-electron chi connectivity index (χ4n) is 1.89. The number of aromatic nitrogens is 1. The SMILES string of the molecule is Cc1cc(CSc2cccc(CNCC(C)C)c2)on1. The van der Waals surface area contributed by atoms with Crippen molar-refractivity contribution < 1.29 is 4.52 Å². The van der Waals surface area contributed by atoms with Gasteiger partial charge in [0.1, 0.15) is 5.76 Å². The van der Waals surface area contributed by atoms with E-state index < -0.39 is 0 Å². The number of hydrogen-bond acceptors (Lipinski definition) is 4. The first-order valence-corrected chi connectivity index (χ1v) is 7.96. The predicted octanol–water partition coefficient (Wildman–Crippen LogP) is 4.02. The third kappa shape index (κ3) is 5.02. The van der Waals surface area contributed by atoms with Crippen LogP contribution in [0.5, 0.6) is 0 Å². The molecule has 0 spiro atoms. The van der Waals surface area contributed by atoms with Gasteiger partial charge in [-0.15, -0.1) is 11.8 Å². The minimum atomic E-state index is 0.683. The molecule has 108 valence electrons. The van der Waals surface area contributed by atoms with Gasteiger partial charge in [0.05, 0.1) is 11.4 Å². The van der Waals surface area contributed by atoms with Crippen LogP contribution in [-0.4, -0.2) is 11.7 Å². The molecule has 0 atom stereocenters. The Morgan fingerprint density at radius 1 is 1.30 bits per heavy atom. The Balaban J connectivity index is 1.85. The lowest BCUT2D eigenvalue weighted by molar-refractivity contribution is 0.391. The summed E-state index contributed by atoms with van der Waals surface area (Å²) in [6.45, 7) is 8.36. The second-order valence-corrected chi connectivity index (χ2v) is 6.44. The molecule has 0 unspecified atom stereocenters. The van der Waals surface area contributed by atoms with Crippen LogP contribution >= 0.6 is 11.8 Å². The van der Waals surface area contributed by atoms with Gasteiger partial charge in [0.2, 0.25) is 0 Å². The monoisotopic (exact) mass is 290 g/mol. The minimum Gasteiger partial charge on any atom is -0.360 e. The maximum atomic E-state index is 5.22. The van der Waals surface area contributed by atoms with Gasteiger partial charge in [0.15, 0.2) is 0 Å². The summed E-state index contributed by atoms with van der Waals surface area (Å²) in [5.41, 5.74) is 2.26. The van der Waals surface area contributed by atoms with E-state index in [1.807, 2.05) is 13.0 Å². The molecule has 1 N–H and O–H groups in total. The van der Waals surface area contributed by atoms with Crippen molar-refractivity contribution in [1.82, 2.24) is 10.5 Å². The topological polar surface area (TPSA) is 38.1 Å². The molecule has 0 aliphatic heterocycles. The highest BCUT2D eigenvalue weighted by Gasteiger charge is 2.03. The van der Waals surface area contributed by atoms with Crippen LogP contribution in [0.3, 0.4) is 0 Å². The van der Waals surface area contributed by atoms with Crippen LogP contribution in [0.2, 0.25) is 0 Å². The van der Waals surface area contributed by atoms with E-state index in [1.165, 1.54) is 10.5 Å². The molecule has 0 saturated heterocycles. The van der Waals surface area contributed by atoms with Gasteiger partial charge in [0, 0.05) is 17.5 Å². The van der Waals surface area contributed by atoms with Crippen molar-refractivity contribution in [3.8, 4) is 0 Å². The summed E-state index contributed by atoms with van der Waals surface area (Å²) in [7, 11) is 0. The first-order chi connectivity index (χ1) is 9.63. The lowest BCUT2D eigenvalue weighted by Gasteiger charge is -2.08. The zero-order valence-corrected chi connectivity index (χ0v) is 13.2. The summed E-state index contributed by atoms with van der Waals surface area (Å²) >= 11 is 1.78. The summed E-state index contributed by atoms with van der Waals surface area (Å²) in [6.07, 6.45) is 0. The van der Waals surface area contributed by atoms with Crippen LogP contribution in [0.15, 0.2) is 39.8 Å². The zero-order valence-electron chi connectivity index (χ0n) is 12.3. The van der Waals surface area contributed by atoms with Gasteiger partial charge < -0.3 is 9.84 Å². The van der Waals surface area contributed by atoms with E-state index in [0.29, 0.717) is 5.92 Å². The number of hydrogen-bond donors (Lipinski definition) is 1. The molecule has 1 heterocycles. The maximum absolute atomic E-state index is 5.22. The number of aryl methyl sites for hydroxylation is 1. The highest BCUT2D eigenvalue weighted by molar-refractivity contribution is 7.98. The Bertz CT molecular complexity index is 537. The van der Waals surface area contributed by atoms with Crippen LogP contribution in [0, 0.1) is 12.8 Å². The van der Waals surface area contributed by atoms with Crippen LogP contribution in [0.1, 0.15) is 30.9 Å². The fraction of sp³-hybridized carbons (Fsp3) is 0.438. The van der Waals surface area contributed by atoms with Crippen LogP contribution in [0.4, 0.5) is 0 Å². The number of nitrogens with one attached hydrogen (secondary N) is 1. The Labute approximate surface area is 125 Å². The van der Waals surface area contributed by atoms with E-state index in [1.54, 1.807) is 11.8 Å². The Hall–Kier alpha value is -1.26. The van der Waals surface area contributed by atoms with E-state index in [2.05, 4.69) is 48.6 Å².